The molecule has 0 fully saturated rings. The highest BCUT2D eigenvalue weighted by Crippen LogP contribution is 2.15. The lowest BCUT2D eigenvalue weighted by molar-refractivity contribution is -0.132. The number of carbonyl (C=O) groups is 2. The molecule has 0 aromatic heterocycles. The van der Waals surface area contributed by atoms with E-state index in [4.69, 9.17) is 16.7 Å². The van der Waals surface area contributed by atoms with Crippen molar-refractivity contribution in [3.8, 4) is 0 Å². The smallest absolute Gasteiger partial charge is 0.331 e. The topological polar surface area (TPSA) is 66.4 Å². The fraction of sp³-hybridized carbons (Fsp3) is 0.143. The van der Waals surface area contributed by atoms with E-state index in [9.17, 15) is 9.59 Å². The number of hydrogen-bond donors (Lipinski definition) is 2. The van der Waals surface area contributed by atoms with E-state index in [0.29, 0.717) is 10.6 Å². The summed E-state index contributed by atoms with van der Waals surface area (Å²) in [6.45, 7) is 3.55. The molecule has 0 aliphatic carbocycles. The van der Waals surface area contributed by atoms with Gasteiger partial charge in [0.1, 0.15) is 0 Å². The summed E-state index contributed by atoms with van der Waals surface area (Å²) < 4.78 is 0. The van der Waals surface area contributed by atoms with Crippen LogP contribution < -0.4 is 5.32 Å². The summed E-state index contributed by atoms with van der Waals surface area (Å²) in [5.41, 5.74) is 0.909. The van der Waals surface area contributed by atoms with Crippen LogP contribution in [0.4, 0.5) is 0 Å². The van der Waals surface area contributed by atoms with Crippen molar-refractivity contribution in [1.29, 1.82) is 0 Å². The maximum absolute atomic E-state index is 11.1. The van der Waals surface area contributed by atoms with Gasteiger partial charge in [-0.2, -0.15) is 0 Å². The van der Waals surface area contributed by atoms with E-state index < -0.39 is 5.97 Å². The van der Waals surface area contributed by atoms with Gasteiger partial charge in [0.15, 0.2) is 0 Å². The Morgan fingerprint density at radius 3 is 2.74 bits per heavy atom. The first kappa shape index (κ1) is 15.0. The van der Waals surface area contributed by atoms with Crippen molar-refractivity contribution >= 4 is 29.6 Å². The summed E-state index contributed by atoms with van der Waals surface area (Å²) >= 11 is 5.83. The Morgan fingerprint density at radius 1 is 1.42 bits per heavy atom. The number of rotatable bonds is 6. The fourth-order valence-electron chi connectivity index (χ4n) is 1.43. The van der Waals surface area contributed by atoms with Crippen LogP contribution in [-0.2, 0) is 9.59 Å². The third-order valence-electron chi connectivity index (χ3n) is 2.34. The van der Waals surface area contributed by atoms with Gasteiger partial charge in [-0.3, -0.25) is 4.79 Å². The molecule has 0 radical (unpaired) electrons. The molecule has 2 N–H and O–H groups in total. The van der Waals surface area contributed by atoms with E-state index in [1.807, 2.05) is 0 Å². The first-order chi connectivity index (χ1) is 9.02. The van der Waals surface area contributed by atoms with Crippen LogP contribution in [0.1, 0.15) is 12.0 Å². The molecule has 1 amide bonds. The summed E-state index contributed by atoms with van der Waals surface area (Å²) in [5.74, 6) is -1.35. The molecular weight excluding hydrogens is 266 g/mol. The van der Waals surface area contributed by atoms with Gasteiger partial charge < -0.3 is 10.4 Å². The van der Waals surface area contributed by atoms with Crippen molar-refractivity contribution in [3.63, 3.8) is 0 Å². The number of carbonyl (C=O) groups excluding carboxylic acids is 1. The van der Waals surface area contributed by atoms with Gasteiger partial charge in [-0.1, -0.05) is 30.3 Å². The Bertz CT molecular complexity index is 523. The van der Waals surface area contributed by atoms with Gasteiger partial charge in [-0.05, 0) is 36.3 Å². The molecule has 100 valence electrons. The molecular formula is C14H14ClNO3. The molecule has 0 saturated carbocycles. The Morgan fingerprint density at radius 2 is 2.16 bits per heavy atom. The molecule has 5 heteroatoms. The van der Waals surface area contributed by atoms with E-state index in [1.54, 1.807) is 24.3 Å². The Labute approximate surface area is 116 Å². The maximum Gasteiger partial charge on any atom is 0.331 e. The quantitative estimate of drug-likeness (QED) is 0.786. The van der Waals surface area contributed by atoms with Gasteiger partial charge in [0.25, 0.3) is 0 Å². The van der Waals surface area contributed by atoms with E-state index in [2.05, 4.69) is 11.9 Å². The first-order valence-electron chi connectivity index (χ1n) is 5.62. The van der Waals surface area contributed by atoms with E-state index >= 15 is 0 Å². The number of aliphatic carboxylic acids is 1. The van der Waals surface area contributed by atoms with Crippen LogP contribution in [0.5, 0.6) is 0 Å². The monoisotopic (exact) mass is 279 g/mol. The third kappa shape index (κ3) is 5.40. The minimum Gasteiger partial charge on any atom is -0.478 e. The number of amides is 1. The third-order valence-corrected chi connectivity index (χ3v) is 2.58. The van der Waals surface area contributed by atoms with Crippen molar-refractivity contribution in [2.75, 3.05) is 6.54 Å². The average Bonchev–Trinajstić information content (AvgIpc) is 2.37. The second-order valence-corrected chi connectivity index (χ2v) is 4.21. The Kier molecular flexibility index (Phi) is 5.82. The van der Waals surface area contributed by atoms with E-state index in [-0.39, 0.29) is 24.4 Å². The van der Waals surface area contributed by atoms with Crippen LogP contribution in [-0.4, -0.2) is 23.5 Å². The molecule has 4 nitrogen and oxygen atoms in total. The van der Waals surface area contributed by atoms with Crippen LogP contribution >= 0.6 is 11.6 Å². The van der Waals surface area contributed by atoms with Gasteiger partial charge in [0.2, 0.25) is 5.91 Å². The zero-order valence-electron chi connectivity index (χ0n) is 10.2. The summed E-state index contributed by atoms with van der Waals surface area (Å²) in [7, 11) is 0. The minimum absolute atomic E-state index is 0.201. The van der Waals surface area contributed by atoms with Gasteiger partial charge in [-0.25, -0.2) is 4.79 Å². The number of nitrogens with one attached hydrogen (secondary N) is 1. The van der Waals surface area contributed by atoms with Gasteiger partial charge >= 0.3 is 5.97 Å². The van der Waals surface area contributed by atoms with E-state index in [1.165, 1.54) is 6.08 Å². The number of hydrogen-bond acceptors (Lipinski definition) is 2. The minimum atomic E-state index is -1.02. The van der Waals surface area contributed by atoms with Crippen molar-refractivity contribution in [2.24, 2.45) is 0 Å². The van der Waals surface area contributed by atoms with Gasteiger partial charge in [0.05, 0.1) is 0 Å². The lowest BCUT2D eigenvalue weighted by Crippen LogP contribution is -2.23. The summed E-state index contributed by atoms with van der Waals surface area (Å²) in [6, 6.07) is 6.89. The van der Waals surface area contributed by atoms with Crippen LogP contribution in [0.2, 0.25) is 5.02 Å². The molecule has 0 spiro atoms. The summed E-state index contributed by atoms with van der Waals surface area (Å²) in [5, 5.41) is 12.2. The first-order valence-corrected chi connectivity index (χ1v) is 6.00. The lowest BCUT2D eigenvalue weighted by Gasteiger charge is -2.04. The highest BCUT2D eigenvalue weighted by Gasteiger charge is 2.07. The molecule has 1 rings (SSSR count). The predicted molar refractivity (Wildman–Crippen MR) is 74.9 cm³/mol. The molecule has 19 heavy (non-hydrogen) atoms. The highest BCUT2D eigenvalue weighted by atomic mass is 35.5. The molecule has 0 aliphatic rings. The van der Waals surface area contributed by atoms with Crippen LogP contribution in [0, 0.1) is 0 Å². The molecule has 0 bridgehead atoms. The zero-order chi connectivity index (χ0) is 14.3. The molecule has 1 aromatic carbocycles. The van der Waals surface area contributed by atoms with Crippen molar-refractivity contribution in [3.05, 3.63) is 53.1 Å². The summed E-state index contributed by atoms with van der Waals surface area (Å²) in [4.78, 5) is 22.1. The van der Waals surface area contributed by atoms with Crippen molar-refractivity contribution in [2.45, 2.75) is 6.42 Å². The fourth-order valence-corrected chi connectivity index (χ4v) is 1.63. The number of carboxylic acid groups (broad SMARTS) is 1. The molecule has 0 heterocycles. The Hall–Kier alpha value is -2.07. The predicted octanol–water partition coefficient (Wildman–Crippen LogP) is 2.50. The second-order valence-electron chi connectivity index (χ2n) is 3.77. The number of carboxylic acids is 1. The molecule has 1 aromatic rings. The number of benzene rings is 1. The Balaban J connectivity index is 2.74. The van der Waals surface area contributed by atoms with Gasteiger partial charge in [-0.15, -0.1) is 0 Å². The van der Waals surface area contributed by atoms with Crippen molar-refractivity contribution < 1.29 is 14.7 Å². The molecule has 0 aliphatic heterocycles. The van der Waals surface area contributed by atoms with Gasteiger partial charge in [0, 0.05) is 17.1 Å². The van der Waals surface area contributed by atoms with Crippen LogP contribution in [0.15, 0.2) is 42.5 Å². The van der Waals surface area contributed by atoms with E-state index in [0.717, 1.165) is 6.08 Å². The largest absolute Gasteiger partial charge is 0.478 e. The maximum atomic E-state index is 11.1. The number of halogens is 1. The SMILES string of the molecule is C=CC(=O)NCC/C(=C\c1cccc(Cl)c1)C(=O)O. The van der Waals surface area contributed by atoms with Crippen molar-refractivity contribution in [1.82, 2.24) is 5.32 Å². The standard InChI is InChI=1S/C14H14ClNO3/c1-2-13(17)16-7-6-11(14(18)19)8-10-4-3-5-12(15)9-10/h2-5,8-9H,1,6-7H2,(H,16,17)(H,18,19)/b11-8+. The average molecular weight is 280 g/mol. The molecule has 0 unspecified atom stereocenters. The molecule has 0 saturated heterocycles. The van der Waals surface area contributed by atoms with Crippen LogP contribution in [0.25, 0.3) is 6.08 Å². The zero-order valence-corrected chi connectivity index (χ0v) is 11.0. The van der Waals surface area contributed by atoms with Crippen LogP contribution in [0.3, 0.4) is 0 Å². The summed E-state index contributed by atoms with van der Waals surface area (Å²) in [6.07, 6.45) is 2.90. The lowest BCUT2D eigenvalue weighted by atomic mass is 10.1. The highest BCUT2D eigenvalue weighted by molar-refractivity contribution is 6.30. The normalized spacial score (nSPS) is 10.9. The second kappa shape index (κ2) is 7.38. The molecule has 0 atom stereocenters.